The summed E-state index contributed by atoms with van der Waals surface area (Å²) >= 11 is 0. The number of nitrogens with zero attached hydrogens (tertiary/aromatic N) is 2. The van der Waals surface area contributed by atoms with Gasteiger partial charge in [-0.2, -0.15) is 0 Å². The van der Waals surface area contributed by atoms with Crippen LogP contribution >= 0.6 is 0 Å². The van der Waals surface area contributed by atoms with Crippen LogP contribution in [-0.2, 0) is 0 Å². The van der Waals surface area contributed by atoms with Gasteiger partial charge in [0.25, 0.3) is 5.69 Å². The lowest BCUT2D eigenvalue weighted by Crippen LogP contribution is -2.42. The number of piperidine rings is 1. The van der Waals surface area contributed by atoms with E-state index >= 15 is 0 Å². The molecule has 2 unspecified atom stereocenters. The number of rotatable bonds is 3. The van der Waals surface area contributed by atoms with Gasteiger partial charge in [0.05, 0.1) is 11.0 Å². The second-order valence-electron chi connectivity index (χ2n) is 6.28. The topological polar surface area (TPSA) is 66.6 Å². The Kier molecular flexibility index (Phi) is 3.85. The minimum atomic E-state index is -0.682. The van der Waals surface area contributed by atoms with Gasteiger partial charge < -0.3 is 10.0 Å². The first kappa shape index (κ1) is 14.3. The van der Waals surface area contributed by atoms with E-state index in [1.54, 1.807) is 6.92 Å². The van der Waals surface area contributed by atoms with Crippen LogP contribution in [0.3, 0.4) is 0 Å². The summed E-state index contributed by atoms with van der Waals surface area (Å²) in [6.07, 6.45) is 5.29. The second-order valence-corrected chi connectivity index (χ2v) is 6.28. The molecular formula is C16H22N2O3. The molecule has 1 aliphatic carbocycles. The number of hydrogen-bond acceptors (Lipinski definition) is 4. The molecule has 0 spiro atoms. The Morgan fingerprint density at radius 2 is 2.10 bits per heavy atom. The zero-order valence-corrected chi connectivity index (χ0v) is 12.4. The van der Waals surface area contributed by atoms with E-state index in [1.165, 1.54) is 25.3 Å². The molecule has 1 saturated carbocycles. The molecule has 2 fully saturated rings. The van der Waals surface area contributed by atoms with E-state index in [0.717, 1.165) is 25.1 Å². The van der Waals surface area contributed by atoms with Gasteiger partial charge in [0.1, 0.15) is 5.69 Å². The Balaban J connectivity index is 1.98. The third-order valence-corrected chi connectivity index (χ3v) is 4.98. The van der Waals surface area contributed by atoms with Crippen LogP contribution in [0.15, 0.2) is 18.2 Å². The van der Waals surface area contributed by atoms with E-state index in [9.17, 15) is 15.2 Å². The van der Waals surface area contributed by atoms with Crippen LogP contribution in [0, 0.1) is 16.0 Å². The summed E-state index contributed by atoms with van der Waals surface area (Å²) in [5.41, 5.74) is 1.45. The summed E-state index contributed by atoms with van der Waals surface area (Å²) in [6, 6.07) is 5.61. The van der Waals surface area contributed by atoms with Crippen molar-refractivity contribution in [2.75, 3.05) is 11.4 Å². The first-order valence-electron chi connectivity index (χ1n) is 7.81. The lowest BCUT2D eigenvalue weighted by molar-refractivity contribution is -0.384. The van der Waals surface area contributed by atoms with Crippen LogP contribution in [-0.4, -0.2) is 22.6 Å². The number of nitro groups is 1. The molecule has 0 amide bonds. The maximum Gasteiger partial charge on any atom is 0.292 e. The summed E-state index contributed by atoms with van der Waals surface area (Å²) < 4.78 is 0. The largest absolute Gasteiger partial charge is 0.389 e. The van der Waals surface area contributed by atoms with Crippen molar-refractivity contribution in [3.63, 3.8) is 0 Å². The number of hydrogen-bond donors (Lipinski definition) is 1. The molecule has 5 nitrogen and oxygen atoms in total. The van der Waals surface area contributed by atoms with E-state index in [0.29, 0.717) is 17.5 Å². The van der Waals surface area contributed by atoms with Crippen molar-refractivity contribution in [1.29, 1.82) is 0 Å². The molecule has 1 aliphatic heterocycles. The normalized spacial score (nSPS) is 26.5. The van der Waals surface area contributed by atoms with Crippen LogP contribution in [0.25, 0.3) is 0 Å². The van der Waals surface area contributed by atoms with Gasteiger partial charge in [-0.25, -0.2) is 0 Å². The molecular weight excluding hydrogens is 268 g/mol. The predicted molar refractivity (Wildman–Crippen MR) is 81.4 cm³/mol. The highest BCUT2D eigenvalue weighted by atomic mass is 16.6. The van der Waals surface area contributed by atoms with E-state index in [1.807, 2.05) is 12.1 Å². The number of aliphatic hydroxyl groups excluding tert-OH is 1. The van der Waals surface area contributed by atoms with Gasteiger partial charge in [0, 0.05) is 18.7 Å². The zero-order chi connectivity index (χ0) is 15.0. The quantitative estimate of drug-likeness (QED) is 0.684. The van der Waals surface area contributed by atoms with E-state index in [-0.39, 0.29) is 10.6 Å². The smallest absolute Gasteiger partial charge is 0.292 e. The monoisotopic (exact) mass is 290 g/mol. The summed E-state index contributed by atoms with van der Waals surface area (Å²) in [5.74, 6) is 0.690. The van der Waals surface area contributed by atoms with Crippen LogP contribution in [0.2, 0.25) is 0 Å². The Hall–Kier alpha value is -1.62. The highest BCUT2D eigenvalue weighted by molar-refractivity contribution is 5.65. The molecule has 1 saturated heterocycles. The van der Waals surface area contributed by atoms with Gasteiger partial charge in [-0.15, -0.1) is 0 Å². The molecule has 3 rings (SSSR count). The molecule has 2 aliphatic rings. The Morgan fingerprint density at radius 1 is 1.33 bits per heavy atom. The molecule has 3 atom stereocenters. The number of nitro benzene ring substituents is 1. The van der Waals surface area contributed by atoms with Gasteiger partial charge in [-0.1, -0.05) is 12.5 Å². The average Bonchev–Trinajstić information content (AvgIpc) is 2.94. The Labute approximate surface area is 124 Å². The maximum atomic E-state index is 11.4. The fraction of sp³-hybridized carbons (Fsp3) is 0.625. The lowest BCUT2D eigenvalue weighted by Gasteiger charge is -2.39. The van der Waals surface area contributed by atoms with E-state index in [2.05, 4.69) is 4.90 Å². The van der Waals surface area contributed by atoms with Crippen molar-refractivity contribution in [2.45, 2.75) is 51.2 Å². The predicted octanol–water partition coefficient (Wildman–Crippen LogP) is 3.42. The number of anilines is 1. The van der Waals surface area contributed by atoms with E-state index < -0.39 is 6.10 Å². The maximum absolute atomic E-state index is 11.4. The fourth-order valence-corrected chi connectivity index (χ4v) is 3.94. The molecule has 1 aromatic carbocycles. The van der Waals surface area contributed by atoms with Gasteiger partial charge in [-0.3, -0.25) is 10.1 Å². The summed E-state index contributed by atoms with van der Waals surface area (Å²) in [7, 11) is 0. The first-order chi connectivity index (χ1) is 10.1. The molecule has 1 aromatic rings. The van der Waals surface area contributed by atoms with Crippen LogP contribution in [0.5, 0.6) is 0 Å². The van der Waals surface area contributed by atoms with Crippen LogP contribution < -0.4 is 4.90 Å². The van der Waals surface area contributed by atoms with Crippen molar-refractivity contribution < 1.29 is 10.0 Å². The highest BCUT2D eigenvalue weighted by Crippen LogP contribution is 2.42. The summed E-state index contributed by atoms with van der Waals surface area (Å²) in [4.78, 5) is 13.4. The Morgan fingerprint density at radius 3 is 2.81 bits per heavy atom. The SMILES string of the molecule is C[C@@H](O)c1ccc(N2CCCC3CCCC32)c([N+](=O)[O-])c1. The fourth-order valence-electron chi connectivity index (χ4n) is 3.94. The van der Waals surface area contributed by atoms with Crippen LogP contribution in [0.4, 0.5) is 11.4 Å². The highest BCUT2D eigenvalue weighted by Gasteiger charge is 2.37. The number of fused-ring (bicyclic) bond motifs is 1. The standard InChI is InChI=1S/C16H22N2O3/c1-11(19)13-7-8-15(16(10-13)18(20)21)17-9-3-5-12-4-2-6-14(12)17/h7-8,10-12,14,19H,2-6,9H2,1H3/t11-,12?,14?/m1/s1. The van der Waals surface area contributed by atoms with Gasteiger partial charge in [-0.05, 0) is 50.2 Å². The zero-order valence-electron chi connectivity index (χ0n) is 12.4. The van der Waals surface area contributed by atoms with Crippen molar-refractivity contribution >= 4 is 11.4 Å². The van der Waals surface area contributed by atoms with Crippen molar-refractivity contribution in [3.05, 3.63) is 33.9 Å². The molecule has 1 heterocycles. The summed E-state index contributed by atoms with van der Waals surface area (Å²) in [6.45, 7) is 2.53. The number of aliphatic hydroxyl groups is 1. The minimum Gasteiger partial charge on any atom is -0.389 e. The molecule has 5 heteroatoms. The van der Waals surface area contributed by atoms with Crippen molar-refractivity contribution in [2.24, 2.45) is 5.92 Å². The minimum absolute atomic E-state index is 0.126. The molecule has 0 radical (unpaired) electrons. The molecule has 1 N–H and O–H groups in total. The average molecular weight is 290 g/mol. The second kappa shape index (κ2) is 5.64. The van der Waals surface area contributed by atoms with Crippen LogP contribution in [0.1, 0.15) is 50.7 Å². The van der Waals surface area contributed by atoms with Gasteiger partial charge in [0.2, 0.25) is 0 Å². The first-order valence-corrected chi connectivity index (χ1v) is 7.81. The van der Waals surface area contributed by atoms with Gasteiger partial charge >= 0.3 is 0 Å². The summed E-state index contributed by atoms with van der Waals surface area (Å²) in [5, 5.41) is 21.1. The van der Waals surface area contributed by atoms with Gasteiger partial charge in [0.15, 0.2) is 0 Å². The third-order valence-electron chi connectivity index (χ3n) is 4.98. The Bertz CT molecular complexity index is 544. The van der Waals surface area contributed by atoms with E-state index in [4.69, 9.17) is 0 Å². The molecule has 114 valence electrons. The lowest BCUT2D eigenvalue weighted by atomic mass is 9.91. The third kappa shape index (κ3) is 2.62. The molecule has 0 bridgehead atoms. The molecule has 21 heavy (non-hydrogen) atoms. The van der Waals surface area contributed by atoms with Crippen molar-refractivity contribution in [3.8, 4) is 0 Å². The number of benzene rings is 1. The van der Waals surface area contributed by atoms with Crippen molar-refractivity contribution in [1.82, 2.24) is 0 Å². The molecule has 0 aromatic heterocycles.